The van der Waals surface area contributed by atoms with Crippen molar-refractivity contribution in [3.05, 3.63) is 10.9 Å². The van der Waals surface area contributed by atoms with Crippen molar-refractivity contribution in [1.29, 1.82) is 5.26 Å². The van der Waals surface area contributed by atoms with E-state index in [9.17, 15) is 0 Å². The van der Waals surface area contributed by atoms with E-state index in [-0.39, 0.29) is 0 Å². The maximum absolute atomic E-state index is 8.73. The van der Waals surface area contributed by atoms with Crippen LogP contribution in [0.25, 0.3) is 10.2 Å². The predicted molar refractivity (Wildman–Crippen MR) is 84.4 cm³/mol. The van der Waals surface area contributed by atoms with E-state index in [4.69, 9.17) is 5.26 Å². The molecule has 106 valence electrons. The van der Waals surface area contributed by atoms with Gasteiger partial charge in [-0.05, 0) is 19.4 Å². The molecule has 20 heavy (non-hydrogen) atoms. The van der Waals surface area contributed by atoms with Crippen molar-refractivity contribution >= 4 is 33.3 Å². The largest absolute Gasteiger partial charge is 0.358 e. The second-order valence-corrected chi connectivity index (χ2v) is 5.94. The number of thiophene rings is 1. The Hall–Kier alpha value is -1.87. The summed E-state index contributed by atoms with van der Waals surface area (Å²) in [6.45, 7) is 5.72. The van der Waals surface area contributed by atoms with E-state index in [1.807, 2.05) is 11.9 Å². The molecule has 1 N–H and O–H groups in total. The first-order valence-corrected chi connectivity index (χ1v) is 7.57. The van der Waals surface area contributed by atoms with Crippen LogP contribution in [0.5, 0.6) is 0 Å². The van der Waals surface area contributed by atoms with Gasteiger partial charge in [0.2, 0.25) is 5.95 Å². The Morgan fingerprint density at radius 1 is 1.45 bits per heavy atom. The number of nitrogens with zero attached hydrogens (tertiary/aromatic N) is 4. The first kappa shape index (κ1) is 14.5. The third-order valence-corrected chi connectivity index (χ3v) is 3.89. The molecule has 0 aliphatic heterocycles. The van der Waals surface area contributed by atoms with Gasteiger partial charge in [-0.25, -0.2) is 4.98 Å². The van der Waals surface area contributed by atoms with Crippen molar-refractivity contribution in [2.24, 2.45) is 0 Å². The first-order chi connectivity index (χ1) is 9.65. The summed E-state index contributed by atoms with van der Waals surface area (Å²) in [7, 11) is 1.97. The van der Waals surface area contributed by atoms with E-state index in [1.54, 1.807) is 11.3 Å². The lowest BCUT2D eigenvalue weighted by Crippen LogP contribution is -2.20. The van der Waals surface area contributed by atoms with Crippen molar-refractivity contribution in [1.82, 2.24) is 9.97 Å². The number of hydrogen-bond donors (Lipinski definition) is 1. The zero-order valence-electron chi connectivity index (χ0n) is 12.1. The van der Waals surface area contributed by atoms with Crippen LogP contribution in [0.4, 0.5) is 11.8 Å². The average Bonchev–Trinajstić information content (AvgIpc) is 2.81. The topological polar surface area (TPSA) is 64.8 Å². The summed E-state index contributed by atoms with van der Waals surface area (Å²) in [4.78, 5) is 13.4. The summed E-state index contributed by atoms with van der Waals surface area (Å²) in [5, 5.41) is 13.0. The molecule has 0 saturated heterocycles. The fourth-order valence-corrected chi connectivity index (χ4v) is 2.83. The van der Waals surface area contributed by atoms with Gasteiger partial charge in [0.15, 0.2) is 0 Å². The first-order valence-electron chi connectivity index (χ1n) is 6.75. The monoisotopic (exact) mass is 289 g/mol. The molecule has 2 heterocycles. The van der Waals surface area contributed by atoms with E-state index in [0.717, 1.165) is 29.0 Å². The summed E-state index contributed by atoms with van der Waals surface area (Å²) >= 11 is 1.67. The number of nitriles is 1. The molecule has 0 spiro atoms. The molecule has 0 radical (unpaired) electrons. The highest BCUT2D eigenvalue weighted by molar-refractivity contribution is 7.18. The fraction of sp³-hybridized carbons (Fsp3) is 0.500. The Morgan fingerprint density at radius 2 is 2.25 bits per heavy atom. The third kappa shape index (κ3) is 3.17. The quantitative estimate of drug-likeness (QED) is 0.885. The minimum absolute atomic E-state index is 0.489. The molecule has 0 fully saturated rings. The van der Waals surface area contributed by atoms with E-state index in [1.165, 1.54) is 4.88 Å². The van der Waals surface area contributed by atoms with E-state index >= 15 is 0 Å². The van der Waals surface area contributed by atoms with Crippen molar-refractivity contribution in [2.45, 2.75) is 26.7 Å². The van der Waals surface area contributed by atoms with Crippen LogP contribution < -0.4 is 10.2 Å². The SMILES string of the molecule is CCCNc1nc(N(C)CCC#N)c2cc(C)sc2n1. The second-order valence-electron chi connectivity index (χ2n) is 4.70. The minimum Gasteiger partial charge on any atom is -0.358 e. The number of rotatable bonds is 6. The third-order valence-electron chi connectivity index (χ3n) is 2.95. The Morgan fingerprint density at radius 3 is 2.95 bits per heavy atom. The van der Waals surface area contributed by atoms with E-state index in [0.29, 0.717) is 18.9 Å². The summed E-state index contributed by atoms with van der Waals surface area (Å²) < 4.78 is 0. The normalized spacial score (nSPS) is 10.5. The Balaban J connectivity index is 2.40. The molecule has 2 aromatic rings. The van der Waals surface area contributed by atoms with Gasteiger partial charge >= 0.3 is 0 Å². The van der Waals surface area contributed by atoms with Crippen molar-refractivity contribution in [2.75, 3.05) is 30.4 Å². The molecule has 6 heteroatoms. The van der Waals surface area contributed by atoms with Gasteiger partial charge < -0.3 is 10.2 Å². The number of hydrogen-bond acceptors (Lipinski definition) is 6. The molecule has 0 bridgehead atoms. The second kappa shape index (κ2) is 6.53. The Labute approximate surface area is 123 Å². The van der Waals surface area contributed by atoms with Crippen LogP contribution in [-0.4, -0.2) is 30.1 Å². The van der Waals surface area contributed by atoms with Crippen LogP contribution in [0.2, 0.25) is 0 Å². The Bertz CT molecular complexity index is 628. The lowest BCUT2D eigenvalue weighted by atomic mass is 10.3. The van der Waals surface area contributed by atoms with Crippen LogP contribution in [0.1, 0.15) is 24.6 Å². The van der Waals surface area contributed by atoms with Gasteiger partial charge in [-0.2, -0.15) is 10.2 Å². The van der Waals surface area contributed by atoms with Crippen LogP contribution >= 0.6 is 11.3 Å². The minimum atomic E-state index is 0.489. The molecule has 5 nitrogen and oxygen atoms in total. The molecule has 2 aromatic heterocycles. The van der Waals surface area contributed by atoms with Gasteiger partial charge in [-0.3, -0.25) is 0 Å². The zero-order chi connectivity index (χ0) is 14.5. The van der Waals surface area contributed by atoms with Gasteiger partial charge in [0.25, 0.3) is 0 Å². The van der Waals surface area contributed by atoms with Gasteiger partial charge in [0.1, 0.15) is 10.6 Å². The van der Waals surface area contributed by atoms with Crippen LogP contribution in [-0.2, 0) is 0 Å². The molecule has 0 aliphatic carbocycles. The summed E-state index contributed by atoms with van der Waals surface area (Å²) in [6, 6.07) is 4.29. The molecule has 0 amide bonds. The molecular formula is C14H19N5S. The molecule has 0 unspecified atom stereocenters. The maximum atomic E-state index is 8.73. The number of nitrogens with one attached hydrogen (secondary N) is 1. The number of aromatic nitrogens is 2. The van der Waals surface area contributed by atoms with E-state index < -0.39 is 0 Å². The van der Waals surface area contributed by atoms with E-state index in [2.05, 4.69) is 41.3 Å². The van der Waals surface area contributed by atoms with Crippen LogP contribution in [0.3, 0.4) is 0 Å². The molecular weight excluding hydrogens is 270 g/mol. The molecule has 2 rings (SSSR count). The summed E-state index contributed by atoms with van der Waals surface area (Å²) in [6.07, 6.45) is 1.52. The number of anilines is 2. The van der Waals surface area contributed by atoms with Crippen LogP contribution in [0, 0.1) is 18.3 Å². The lowest BCUT2D eigenvalue weighted by Gasteiger charge is -2.18. The molecule has 0 saturated carbocycles. The standard InChI is InChI=1S/C14H19N5S/c1-4-7-16-14-17-12(19(3)8-5-6-15)11-9-10(2)20-13(11)18-14/h9H,4-5,7-8H2,1-3H3,(H,16,17,18). The fourth-order valence-electron chi connectivity index (χ4n) is 1.96. The smallest absolute Gasteiger partial charge is 0.226 e. The highest BCUT2D eigenvalue weighted by Gasteiger charge is 2.13. The van der Waals surface area contributed by atoms with Crippen LogP contribution in [0.15, 0.2) is 6.07 Å². The summed E-state index contributed by atoms with van der Waals surface area (Å²) in [5.41, 5.74) is 0. The molecule has 0 aliphatic rings. The number of fused-ring (bicyclic) bond motifs is 1. The molecule has 0 aromatic carbocycles. The average molecular weight is 289 g/mol. The van der Waals surface area contributed by atoms with Gasteiger partial charge in [-0.1, -0.05) is 6.92 Å². The zero-order valence-corrected chi connectivity index (χ0v) is 12.9. The lowest BCUT2D eigenvalue weighted by molar-refractivity contribution is 0.883. The highest BCUT2D eigenvalue weighted by Crippen LogP contribution is 2.31. The van der Waals surface area contributed by atoms with Crippen molar-refractivity contribution in [3.8, 4) is 6.07 Å². The highest BCUT2D eigenvalue weighted by atomic mass is 32.1. The number of aryl methyl sites for hydroxylation is 1. The van der Waals surface area contributed by atoms with Gasteiger partial charge in [0, 0.05) is 25.0 Å². The van der Waals surface area contributed by atoms with Crippen molar-refractivity contribution in [3.63, 3.8) is 0 Å². The predicted octanol–water partition coefficient (Wildman–Crippen LogP) is 3.17. The Kier molecular flexibility index (Phi) is 4.74. The summed E-state index contributed by atoms with van der Waals surface area (Å²) in [5.74, 6) is 1.56. The maximum Gasteiger partial charge on any atom is 0.226 e. The van der Waals surface area contributed by atoms with Gasteiger partial charge in [0.05, 0.1) is 17.9 Å². The van der Waals surface area contributed by atoms with Gasteiger partial charge in [-0.15, -0.1) is 11.3 Å². The molecule has 0 atom stereocenters. The van der Waals surface area contributed by atoms with Crippen molar-refractivity contribution < 1.29 is 0 Å².